The van der Waals surface area contributed by atoms with Crippen molar-refractivity contribution >= 4 is 34.5 Å². The van der Waals surface area contributed by atoms with Gasteiger partial charge in [0.25, 0.3) is 0 Å². The second kappa shape index (κ2) is 7.98. The number of amides is 1. The number of hydrogen-bond donors (Lipinski definition) is 2. The molecule has 8 heteroatoms. The van der Waals surface area contributed by atoms with Crippen LogP contribution in [0.4, 0.5) is 5.69 Å². The van der Waals surface area contributed by atoms with Crippen molar-refractivity contribution in [1.82, 2.24) is 19.9 Å². The van der Waals surface area contributed by atoms with Crippen molar-refractivity contribution < 1.29 is 9.53 Å². The molecule has 1 atom stereocenters. The van der Waals surface area contributed by atoms with Crippen LogP contribution in [0.2, 0.25) is 0 Å². The number of imidazole rings is 1. The Balaban J connectivity index is 1.77. The van der Waals surface area contributed by atoms with Crippen molar-refractivity contribution in [3.63, 3.8) is 0 Å². The maximum absolute atomic E-state index is 12.7. The monoisotopic (exact) mass is 357 g/mol. The number of para-hydroxylation sites is 2. The number of thioether (sulfide) groups is 1. The first kappa shape index (κ1) is 17.2. The second-order valence-corrected chi connectivity index (χ2v) is 6.40. The van der Waals surface area contributed by atoms with E-state index in [2.05, 4.69) is 25.3 Å². The maximum atomic E-state index is 12.7. The molecule has 1 amide bonds. The van der Waals surface area contributed by atoms with Crippen LogP contribution in [-0.4, -0.2) is 37.7 Å². The summed E-state index contributed by atoms with van der Waals surface area (Å²) < 4.78 is 5.56. The van der Waals surface area contributed by atoms with E-state index < -0.39 is 0 Å². The van der Waals surface area contributed by atoms with Crippen LogP contribution in [0.15, 0.2) is 41.9 Å². The number of nitrogens with zero attached hydrogens (tertiary/aromatic N) is 3. The number of hydrogen-bond acceptors (Lipinski definition) is 6. The Morgan fingerprint density at radius 3 is 2.92 bits per heavy atom. The van der Waals surface area contributed by atoms with E-state index in [1.54, 1.807) is 6.33 Å². The number of rotatable bonds is 7. The molecule has 0 saturated heterocycles. The Bertz CT molecular complexity index is 867. The fraction of sp³-hybridized carbons (Fsp3) is 0.294. The first-order valence-corrected chi connectivity index (χ1v) is 8.94. The van der Waals surface area contributed by atoms with Crippen molar-refractivity contribution in [1.29, 1.82) is 0 Å². The largest absolute Gasteiger partial charge is 0.492 e. The zero-order valence-electron chi connectivity index (χ0n) is 14.0. The van der Waals surface area contributed by atoms with Gasteiger partial charge in [0.05, 0.1) is 23.9 Å². The highest BCUT2D eigenvalue weighted by Gasteiger charge is 2.21. The van der Waals surface area contributed by atoms with Crippen LogP contribution in [0.5, 0.6) is 5.75 Å². The molecule has 130 valence electrons. The number of aromatic amines is 1. The molecule has 1 aromatic carbocycles. The van der Waals surface area contributed by atoms with Gasteiger partial charge in [0.15, 0.2) is 5.65 Å². The van der Waals surface area contributed by atoms with E-state index in [1.165, 1.54) is 18.1 Å². The Labute approximate surface area is 149 Å². The molecule has 0 fully saturated rings. The van der Waals surface area contributed by atoms with Crippen molar-refractivity contribution in [2.24, 2.45) is 0 Å². The Morgan fingerprint density at radius 1 is 1.28 bits per heavy atom. The van der Waals surface area contributed by atoms with Gasteiger partial charge in [0, 0.05) is 0 Å². The van der Waals surface area contributed by atoms with Crippen molar-refractivity contribution in [2.45, 2.75) is 30.5 Å². The quantitative estimate of drug-likeness (QED) is 0.498. The summed E-state index contributed by atoms with van der Waals surface area (Å²) in [6, 6.07) is 7.41. The lowest BCUT2D eigenvalue weighted by Gasteiger charge is -2.16. The molecule has 25 heavy (non-hydrogen) atoms. The molecule has 1 unspecified atom stereocenters. The summed E-state index contributed by atoms with van der Waals surface area (Å²) in [6.07, 6.45) is 3.69. The lowest BCUT2D eigenvalue weighted by molar-refractivity contribution is -0.115. The average molecular weight is 357 g/mol. The zero-order valence-corrected chi connectivity index (χ0v) is 14.8. The van der Waals surface area contributed by atoms with E-state index in [1.807, 2.05) is 38.1 Å². The van der Waals surface area contributed by atoms with Crippen LogP contribution in [0, 0.1) is 0 Å². The third kappa shape index (κ3) is 3.90. The summed E-state index contributed by atoms with van der Waals surface area (Å²) in [7, 11) is 0. The molecule has 0 spiro atoms. The molecule has 7 nitrogen and oxygen atoms in total. The molecule has 3 rings (SSSR count). The number of H-pyrrole nitrogens is 1. The zero-order chi connectivity index (χ0) is 17.6. The van der Waals surface area contributed by atoms with Gasteiger partial charge in [0.2, 0.25) is 5.91 Å². The molecular formula is C17H19N5O2S. The fourth-order valence-corrected chi connectivity index (χ4v) is 3.33. The first-order valence-electron chi connectivity index (χ1n) is 8.06. The number of aromatic nitrogens is 4. The van der Waals surface area contributed by atoms with E-state index in [4.69, 9.17) is 4.74 Å². The number of nitrogens with one attached hydrogen (secondary N) is 2. The highest BCUT2D eigenvalue weighted by molar-refractivity contribution is 8.00. The molecule has 2 aromatic heterocycles. The third-order valence-corrected chi connectivity index (χ3v) is 4.91. The number of carbonyl (C=O) groups excluding carboxylic acids is 1. The van der Waals surface area contributed by atoms with Crippen molar-refractivity contribution in [2.75, 3.05) is 11.9 Å². The van der Waals surface area contributed by atoms with Gasteiger partial charge >= 0.3 is 0 Å². The molecule has 2 heterocycles. The highest BCUT2D eigenvalue weighted by atomic mass is 32.2. The van der Waals surface area contributed by atoms with E-state index in [0.717, 1.165) is 5.52 Å². The Hall–Kier alpha value is -2.61. The third-order valence-electron chi connectivity index (χ3n) is 3.55. The molecule has 0 aliphatic rings. The molecule has 0 saturated carbocycles. The van der Waals surface area contributed by atoms with Gasteiger partial charge in [-0.25, -0.2) is 15.0 Å². The number of ether oxygens (including phenoxy) is 1. The summed E-state index contributed by atoms with van der Waals surface area (Å²) >= 11 is 1.39. The summed E-state index contributed by atoms with van der Waals surface area (Å²) in [5.41, 5.74) is 2.01. The first-order chi connectivity index (χ1) is 12.2. The summed E-state index contributed by atoms with van der Waals surface area (Å²) in [6.45, 7) is 4.42. The molecule has 0 bridgehead atoms. The molecular weight excluding hydrogens is 338 g/mol. The van der Waals surface area contributed by atoms with E-state index in [0.29, 0.717) is 35.1 Å². The lowest BCUT2D eigenvalue weighted by atomic mass is 10.2. The molecule has 0 aliphatic carbocycles. The highest BCUT2D eigenvalue weighted by Crippen LogP contribution is 2.30. The Kier molecular flexibility index (Phi) is 5.49. The van der Waals surface area contributed by atoms with Crippen LogP contribution < -0.4 is 10.1 Å². The van der Waals surface area contributed by atoms with Crippen molar-refractivity contribution in [3.8, 4) is 5.75 Å². The van der Waals surface area contributed by atoms with Gasteiger partial charge in [-0.15, -0.1) is 0 Å². The van der Waals surface area contributed by atoms with E-state index >= 15 is 0 Å². The number of benzene rings is 1. The van der Waals surface area contributed by atoms with E-state index in [9.17, 15) is 4.79 Å². The van der Waals surface area contributed by atoms with Gasteiger partial charge < -0.3 is 15.0 Å². The standard InChI is InChI=1S/C17H19N5O2S/c1-3-13(25-17-14-15(19-9-18-14)20-10-21-17)16(23)22-11-7-5-6-8-12(11)24-4-2/h5-10,13H,3-4H2,1-2H3,(H,22,23)(H,18,19,20,21). The van der Waals surface area contributed by atoms with Gasteiger partial charge in [-0.3, -0.25) is 4.79 Å². The Morgan fingerprint density at radius 2 is 2.12 bits per heavy atom. The molecule has 0 aliphatic heterocycles. The second-order valence-electron chi connectivity index (χ2n) is 5.21. The number of fused-ring (bicyclic) bond motifs is 1. The topological polar surface area (TPSA) is 92.8 Å². The van der Waals surface area contributed by atoms with Crippen LogP contribution in [0.25, 0.3) is 11.2 Å². The fourth-order valence-electron chi connectivity index (χ4n) is 2.35. The van der Waals surface area contributed by atoms with Crippen molar-refractivity contribution in [3.05, 3.63) is 36.9 Å². The van der Waals surface area contributed by atoms with E-state index in [-0.39, 0.29) is 11.2 Å². The van der Waals surface area contributed by atoms with Crippen LogP contribution in [0.1, 0.15) is 20.3 Å². The van der Waals surface area contributed by atoms with Crippen LogP contribution >= 0.6 is 11.8 Å². The van der Waals surface area contributed by atoms with Gasteiger partial charge in [0.1, 0.15) is 22.6 Å². The summed E-state index contributed by atoms with van der Waals surface area (Å²) in [5.74, 6) is 0.571. The average Bonchev–Trinajstić information content (AvgIpc) is 3.11. The number of carbonyl (C=O) groups is 1. The van der Waals surface area contributed by atoms with Crippen LogP contribution in [-0.2, 0) is 4.79 Å². The smallest absolute Gasteiger partial charge is 0.238 e. The predicted octanol–water partition coefficient (Wildman–Crippen LogP) is 3.26. The minimum Gasteiger partial charge on any atom is -0.492 e. The molecule has 0 radical (unpaired) electrons. The maximum Gasteiger partial charge on any atom is 0.238 e. The lowest BCUT2D eigenvalue weighted by Crippen LogP contribution is -2.25. The minimum atomic E-state index is -0.295. The van der Waals surface area contributed by atoms with Gasteiger partial charge in [-0.05, 0) is 25.5 Å². The minimum absolute atomic E-state index is 0.0917. The summed E-state index contributed by atoms with van der Waals surface area (Å²) in [5, 5.41) is 3.37. The molecule has 3 aromatic rings. The summed E-state index contributed by atoms with van der Waals surface area (Å²) in [4.78, 5) is 28.2. The van der Waals surface area contributed by atoms with Gasteiger partial charge in [-0.1, -0.05) is 30.8 Å². The SMILES string of the molecule is CCOc1ccccc1NC(=O)C(CC)Sc1ncnc2nc[nH]c12. The molecule has 2 N–H and O–H groups in total. The van der Waals surface area contributed by atoms with Crippen LogP contribution in [0.3, 0.4) is 0 Å². The predicted molar refractivity (Wildman–Crippen MR) is 97.9 cm³/mol. The number of anilines is 1. The van der Waals surface area contributed by atoms with Gasteiger partial charge in [-0.2, -0.15) is 0 Å². The normalized spacial score (nSPS) is 12.1.